The van der Waals surface area contributed by atoms with Crippen molar-refractivity contribution in [2.45, 2.75) is 13.8 Å². The first-order chi connectivity index (χ1) is 9.13. The Morgan fingerprint density at radius 2 is 1.74 bits per heavy atom. The number of rotatable bonds is 3. The average molecular weight is 271 g/mol. The van der Waals surface area contributed by atoms with Gasteiger partial charge in [-0.25, -0.2) is 0 Å². The van der Waals surface area contributed by atoms with E-state index in [0.717, 1.165) is 22.4 Å². The third-order valence-corrected chi connectivity index (χ3v) is 4.05. The molecule has 3 heteroatoms. The lowest BCUT2D eigenvalue weighted by Gasteiger charge is -2.07. The van der Waals surface area contributed by atoms with Crippen LogP contribution < -0.4 is 5.30 Å². The van der Waals surface area contributed by atoms with Crippen LogP contribution in [0.25, 0.3) is 0 Å². The van der Waals surface area contributed by atoms with Gasteiger partial charge in [0.15, 0.2) is 0 Å². The molecule has 0 radical (unpaired) electrons. The minimum atomic E-state index is 0.306. The van der Waals surface area contributed by atoms with E-state index in [2.05, 4.69) is 36.8 Å². The standard InChI is InChI=1S/C16H18NOP/c1-11-6-5-9-14(19-3)15(11)17-10-13-8-4-7-12(2)16(13)18/h4-10,18-19H,1-3H3/b17-10+. The van der Waals surface area contributed by atoms with E-state index in [-0.39, 0.29) is 0 Å². The van der Waals surface area contributed by atoms with Gasteiger partial charge in [0.05, 0.1) is 5.69 Å². The van der Waals surface area contributed by atoms with Crippen molar-refractivity contribution in [1.29, 1.82) is 0 Å². The molecule has 2 aromatic rings. The molecule has 0 saturated heterocycles. The third kappa shape index (κ3) is 3.02. The van der Waals surface area contributed by atoms with Gasteiger partial charge in [0, 0.05) is 11.8 Å². The van der Waals surface area contributed by atoms with Crippen LogP contribution in [0.3, 0.4) is 0 Å². The summed E-state index contributed by atoms with van der Waals surface area (Å²) in [7, 11) is 0.711. The second-order valence-corrected chi connectivity index (χ2v) is 5.53. The molecule has 2 aromatic carbocycles. The lowest BCUT2D eigenvalue weighted by Crippen LogP contribution is -1.96. The van der Waals surface area contributed by atoms with Crippen LogP contribution in [-0.2, 0) is 0 Å². The van der Waals surface area contributed by atoms with Gasteiger partial charge in [-0.15, -0.1) is 0 Å². The number of phenols is 1. The van der Waals surface area contributed by atoms with Crippen LogP contribution in [0.1, 0.15) is 16.7 Å². The topological polar surface area (TPSA) is 32.6 Å². The molecule has 0 aromatic heterocycles. The summed E-state index contributed by atoms with van der Waals surface area (Å²) < 4.78 is 0. The van der Waals surface area contributed by atoms with E-state index in [4.69, 9.17) is 0 Å². The molecule has 0 amide bonds. The number of aliphatic imine (C=N–C) groups is 1. The van der Waals surface area contributed by atoms with E-state index in [0.29, 0.717) is 14.3 Å². The lowest BCUT2D eigenvalue weighted by atomic mass is 10.1. The molecule has 1 unspecified atom stereocenters. The van der Waals surface area contributed by atoms with E-state index in [1.807, 2.05) is 25.1 Å². The number of nitrogens with zero attached hydrogens (tertiary/aromatic N) is 1. The van der Waals surface area contributed by atoms with Gasteiger partial charge < -0.3 is 5.11 Å². The minimum Gasteiger partial charge on any atom is -0.507 e. The van der Waals surface area contributed by atoms with Gasteiger partial charge in [0.2, 0.25) is 0 Å². The normalized spacial score (nSPS) is 11.7. The number of hydrogen-bond acceptors (Lipinski definition) is 2. The maximum atomic E-state index is 9.98. The molecular weight excluding hydrogens is 253 g/mol. The van der Waals surface area contributed by atoms with Crippen LogP contribution in [0.5, 0.6) is 5.75 Å². The predicted octanol–water partition coefficient (Wildman–Crippen LogP) is 3.69. The summed E-state index contributed by atoms with van der Waals surface area (Å²) in [5.74, 6) is 0.306. The van der Waals surface area contributed by atoms with Crippen LogP contribution in [0.15, 0.2) is 41.4 Å². The molecule has 19 heavy (non-hydrogen) atoms. The van der Waals surface area contributed by atoms with Crippen molar-refractivity contribution in [2.24, 2.45) is 4.99 Å². The Kier molecular flexibility index (Phi) is 4.34. The van der Waals surface area contributed by atoms with E-state index >= 15 is 0 Å². The lowest BCUT2D eigenvalue weighted by molar-refractivity contribution is 0.470. The molecule has 0 aliphatic carbocycles. The largest absolute Gasteiger partial charge is 0.507 e. The van der Waals surface area contributed by atoms with Crippen molar-refractivity contribution in [3.63, 3.8) is 0 Å². The van der Waals surface area contributed by atoms with Crippen molar-refractivity contribution in [2.75, 3.05) is 6.66 Å². The summed E-state index contributed by atoms with van der Waals surface area (Å²) in [5.41, 5.74) is 3.81. The van der Waals surface area contributed by atoms with Crippen LogP contribution >= 0.6 is 8.58 Å². The van der Waals surface area contributed by atoms with Gasteiger partial charge in [-0.05, 0) is 43.0 Å². The Labute approximate surface area is 116 Å². The fraction of sp³-hybridized carbons (Fsp3) is 0.188. The van der Waals surface area contributed by atoms with Gasteiger partial charge in [-0.1, -0.05) is 38.9 Å². The molecule has 1 atom stereocenters. The maximum Gasteiger partial charge on any atom is 0.127 e. The van der Waals surface area contributed by atoms with Crippen LogP contribution in [0.2, 0.25) is 0 Å². The van der Waals surface area contributed by atoms with E-state index in [9.17, 15) is 5.11 Å². The first-order valence-electron chi connectivity index (χ1n) is 6.23. The number of aromatic hydroxyl groups is 1. The van der Waals surface area contributed by atoms with Crippen molar-refractivity contribution in [1.82, 2.24) is 0 Å². The van der Waals surface area contributed by atoms with Gasteiger partial charge in [-0.3, -0.25) is 4.99 Å². The van der Waals surface area contributed by atoms with Crippen molar-refractivity contribution >= 4 is 25.8 Å². The molecule has 2 rings (SSSR count). The minimum absolute atomic E-state index is 0.306. The zero-order valence-electron chi connectivity index (χ0n) is 11.4. The maximum absolute atomic E-state index is 9.98. The number of phenolic OH excluding ortho intramolecular Hbond substituents is 1. The Bertz CT molecular complexity index is 620. The predicted molar refractivity (Wildman–Crippen MR) is 85.1 cm³/mol. The summed E-state index contributed by atoms with van der Waals surface area (Å²) >= 11 is 0. The highest BCUT2D eigenvalue weighted by atomic mass is 31.1. The quantitative estimate of drug-likeness (QED) is 0.670. The molecule has 98 valence electrons. The van der Waals surface area contributed by atoms with Crippen molar-refractivity contribution in [3.05, 3.63) is 53.1 Å². The van der Waals surface area contributed by atoms with Gasteiger partial charge >= 0.3 is 0 Å². The zero-order valence-corrected chi connectivity index (χ0v) is 12.4. The molecule has 0 bridgehead atoms. The number of aryl methyl sites for hydroxylation is 2. The first-order valence-corrected chi connectivity index (χ1v) is 7.73. The summed E-state index contributed by atoms with van der Waals surface area (Å²) in [6.07, 6.45) is 1.74. The Morgan fingerprint density at radius 1 is 1.05 bits per heavy atom. The second-order valence-electron chi connectivity index (χ2n) is 4.49. The number of para-hydroxylation sites is 2. The van der Waals surface area contributed by atoms with Crippen molar-refractivity contribution < 1.29 is 5.11 Å². The van der Waals surface area contributed by atoms with E-state index in [1.165, 1.54) is 5.30 Å². The number of hydrogen-bond donors (Lipinski definition) is 1. The molecule has 2 nitrogen and oxygen atoms in total. The molecule has 0 heterocycles. The average Bonchev–Trinajstić information content (AvgIpc) is 2.41. The molecule has 0 aliphatic heterocycles. The summed E-state index contributed by atoms with van der Waals surface area (Å²) in [6, 6.07) is 11.9. The summed E-state index contributed by atoms with van der Waals surface area (Å²) in [4.78, 5) is 4.57. The van der Waals surface area contributed by atoms with Crippen molar-refractivity contribution in [3.8, 4) is 5.75 Å². The Morgan fingerprint density at radius 3 is 2.47 bits per heavy atom. The fourth-order valence-electron chi connectivity index (χ4n) is 1.95. The smallest absolute Gasteiger partial charge is 0.127 e. The summed E-state index contributed by atoms with van der Waals surface area (Å²) in [6.45, 7) is 6.10. The molecule has 0 fully saturated rings. The number of benzene rings is 2. The Hall–Kier alpha value is -1.66. The highest BCUT2D eigenvalue weighted by Gasteiger charge is 2.04. The monoisotopic (exact) mass is 271 g/mol. The molecule has 0 saturated carbocycles. The zero-order chi connectivity index (χ0) is 13.8. The molecular formula is C16H18NOP. The van der Waals surface area contributed by atoms with Crippen LogP contribution in [0.4, 0.5) is 5.69 Å². The second kappa shape index (κ2) is 5.99. The van der Waals surface area contributed by atoms with Crippen LogP contribution in [-0.4, -0.2) is 18.0 Å². The first kappa shape index (κ1) is 13.8. The highest BCUT2D eigenvalue weighted by Crippen LogP contribution is 2.24. The highest BCUT2D eigenvalue weighted by molar-refractivity contribution is 7.46. The van der Waals surface area contributed by atoms with Gasteiger partial charge in [0.25, 0.3) is 0 Å². The van der Waals surface area contributed by atoms with Crippen LogP contribution in [0, 0.1) is 13.8 Å². The molecule has 1 N–H and O–H groups in total. The summed E-state index contributed by atoms with van der Waals surface area (Å²) in [5, 5.41) is 11.2. The van der Waals surface area contributed by atoms with E-state index in [1.54, 1.807) is 6.21 Å². The molecule has 0 spiro atoms. The molecule has 0 aliphatic rings. The SMILES string of the molecule is CPc1cccc(C)c1/N=C/c1cccc(C)c1O. The van der Waals surface area contributed by atoms with Gasteiger partial charge in [0.1, 0.15) is 5.75 Å². The van der Waals surface area contributed by atoms with Gasteiger partial charge in [-0.2, -0.15) is 0 Å². The Balaban J connectivity index is 2.41. The fourth-order valence-corrected chi connectivity index (χ4v) is 2.71. The van der Waals surface area contributed by atoms with E-state index < -0.39 is 0 Å². The third-order valence-electron chi connectivity index (χ3n) is 3.11.